The Morgan fingerprint density at radius 1 is 1.14 bits per heavy atom. The first-order valence-electron chi connectivity index (χ1n) is 9.61. The number of carbonyl (C=O) groups is 2. The van der Waals surface area contributed by atoms with E-state index in [4.69, 9.17) is 4.74 Å². The number of amides is 2. The lowest BCUT2D eigenvalue weighted by Gasteiger charge is -2.30. The number of fused-ring (bicyclic) bond motifs is 1. The largest absolute Gasteiger partial charge is 0.494 e. The molecular formula is C22H25N3O3. The number of pyridine rings is 1. The van der Waals surface area contributed by atoms with Gasteiger partial charge in [0.25, 0.3) is 5.91 Å². The summed E-state index contributed by atoms with van der Waals surface area (Å²) in [4.78, 5) is 33.3. The summed E-state index contributed by atoms with van der Waals surface area (Å²) in [6.45, 7) is 5.70. The van der Waals surface area contributed by atoms with E-state index in [9.17, 15) is 9.59 Å². The zero-order valence-corrected chi connectivity index (χ0v) is 16.5. The summed E-state index contributed by atoms with van der Waals surface area (Å²) >= 11 is 0. The third-order valence-electron chi connectivity index (χ3n) is 6.10. The van der Waals surface area contributed by atoms with Gasteiger partial charge in [-0.3, -0.25) is 14.6 Å². The number of methoxy groups -OCH3 is 1. The standard InChI is InChI=1S/C22H25N3O3/c1-14-6-4-5-7-17(14)21-19-13-24(11-16(19)12-25(21)15(2)26)22(27)18-8-9-23-10-20(18)28-3/h4-10,16,19,21H,11-13H2,1-3H3/t16-,19-,21-/m1/s1. The van der Waals surface area contributed by atoms with Gasteiger partial charge in [-0.1, -0.05) is 24.3 Å². The van der Waals surface area contributed by atoms with Gasteiger partial charge in [-0.15, -0.1) is 0 Å². The fourth-order valence-corrected chi connectivity index (χ4v) is 4.74. The molecule has 1 aromatic carbocycles. The van der Waals surface area contributed by atoms with Gasteiger partial charge in [0.15, 0.2) is 0 Å². The van der Waals surface area contributed by atoms with E-state index < -0.39 is 0 Å². The summed E-state index contributed by atoms with van der Waals surface area (Å²) in [5.74, 6) is 1.07. The second kappa shape index (κ2) is 7.26. The predicted octanol–water partition coefficient (Wildman–Crippen LogP) is 2.69. The minimum Gasteiger partial charge on any atom is -0.494 e. The molecule has 0 radical (unpaired) electrons. The van der Waals surface area contributed by atoms with Gasteiger partial charge in [0.2, 0.25) is 5.91 Å². The molecular weight excluding hydrogens is 354 g/mol. The van der Waals surface area contributed by atoms with E-state index >= 15 is 0 Å². The number of benzene rings is 1. The van der Waals surface area contributed by atoms with Gasteiger partial charge in [-0.2, -0.15) is 0 Å². The van der Waals surface area contributed by atoms with Crippen LogP contribution in [0.3, 0.4) is 0 Å². The van der Waals surface area contributed by atoms with Crippen molar-refractivity contribution in [1.82, 2.24) is 14.8 Å². The first-order chi connectivity index (χ1) is 13.5. The molecule has 2 aliphatic rings. The second-order valence-corrected chi connectivity index (χ2v) is 7.68. The molecule has 6 heteroatoms. The number of hydrogen-bond donors (Lipinski definition) is 0. The number of aromatic nitrogens is 1. The van der Waals surface area contributed by atoms with Crippen LogP contribution in [0.25, 0.3) is 0 Å². The van der Waals surface area contributed by atoms with Crippen LogP contribution in [0.5, 0.6) is 5.75 Å². The Morgan fingerprint density at radius 2 is 1.93 bits per heavy atom. The maximum absolute atomic E-state index is 13.1. The zero-order chi connectivity index (χ0) is 19.8. The molecule has 0 saturated carbocycles. The third-order valence-corrected chi connectivity index (χ3v) is 6.10. The smallest absolute Gasteiger partial charge is 0.257 e. The Labute approximate surface area is 165 Å². The van der Waals surface area contributed by atoms with Crippen LogP contribution in [0.15, 0.2) is 42.7 Å². The SMILES string of the molecule is COc1cnccc1C(=O)N1C[C@@H]2CN(C(C)=O)[C@H](c3ccccc3C)[C@@H]2C1. The van der Waals surface area contributed by atoms with Crippen LogP contribution < -0.4 is 4.74 Å². The summed E-state index contributed by atoms with van der Waals surface area (Å²) in [7, 11) is 1.55. The van der Waals surface area contributed by atoms with Gasteiger partial charge in [-0.25, -0.2) is 0 Å². The monoisotopic (exact) mass is 379 g/mol. The van der Waals surface area contributed by atoms with Gasteiger partial charge >= 0.3 is 0 Å². The lowest BCUT2D eigenvalue weighted by Crippen LogP contribution is -2.36. The van der Waals surface area contributed by atoms with Gasteiger partial charge < -0.3 is 14.5 Å². The molecule has 28 heavy (non-hydrogen) atoms. The highest BCUT2D eigenvalue weighted by atomic mass is 16.5. The molecule has 2 aromatic rings. The Balaban J connectivity index is 1.62. The van der Waals surface area contributed by atoms with Crippen LogP contribution >= 0.6 is 0 Å². The first kappa shape index (κ1) is 18.5. The average Bonchev–Trinajstić information content (AvgIpc) is 3.26. The zero-order valence-electron chi connectivity index (χ0n) is 16.5. The fourth-order valence-electron chi connectivity index (χ4n) is 4.74. The summed E-state index contributed by atoms with van der Waals surface area (Å²) in [5, 5.41) is 0. The lowest BCUT2D eigenvalue weighted by molar-refractivity contribution is -0.130. The van der Waals surface area contributed by atoms with E-state index in [1.54, 1.807) is 32.5 Å². The number of nitrogens with zero attached hydrogens (tertiary/aromatic N) is 3. The maximum atomic E-state index is 13.1. The molecule has 0 N–H and O–H groups in total. The van der Waals surface area contributed by atoms with Crippen LogP contribution in [0.4, 0.5) is 0 Å². The number of aryl methyl sites for hydroxylation is 1. The minimum absolute atomic E-state index is 0.0147. The van der Waals surface area contributed by atoms with Crippen LogP contribution in [-0.2, 0) is 4.79 Å². The van der Waals surface area contributed by atoms with Crippen molar-refractivity contribution in [1.29, 1.82) is 0 Å². The molecule has 0 unspecified atom stereocenters. The van der Waals surface area contributed by atoms with Crippen LogP contribution in [0, 0.1) is 18.8 Å². The average molecular weight is 379 g/mol. The van der Waals surface area contributed by atoms with Gasteiger partial charge in [0.1, 0.15) is 5.75 Å². The van der Waals surface area contributed by atoms with Crippen molar-refractivity contribution in [2.45, 2.75) is 19.9 Å². The number of carbonyl (C=O) groups excluding carboxylic acids is 2. The number of rotatable bonds is 3. The fraction of sp³-hybridized carbons (Fsp3) is 0.409. The third kappa shape index (κ3) is 3.03. The molecule has 2 amide bonds. The highest BCUT2D eigenvalue weighted by Crippen LogP contribution is 2.46. The van der Waals surface area contributed by atoms with Gasteiger partial charge in [0, 0.05) is 44.6 Å². The van der Waals surface area contributed by atoms with Crippen molar-refractivity contribution < 1.29 is 14.3 Å². The van der Waals surface area contributed by atoms with Crippen molar-refractivity contribution in [3.8, 4) is 5.75 Å². The Hall–Kier alpha value is -2.89. The minimum atomic E-state index is -0.0356. The maximum Gasteiger partial charge on any atom is 0.257 e. The highest BCUT2D eigenvalue weighted by molar-refractivity contribution is 5.97. The summed E-state index contributed by atoms with van der Waals surface area (Å²) in [6.07, 6.45) is 3.18. The van der Waals surface area contributed by atoms with Crippen molar-refractivity contribution in [3.05, 3.63) is 59.4 Å². The molecule has 2 aliphatic heterocycles. The summed E-state index contributed by atoms with van der Waals surface area (Å²) in [6, 6.07) is 9.95. The lowest BCUT2D eigenvalue weighted by atomic mass is 9.87. The second-order valence-electron chi connectivity index (χ2n) is 7.68. The summed E-state index contributed by atoms with van der Waals surface area (Å²) in [5.41, 5.74) is 2.90. The Kier molecular flexibility index (Phi) is 4.79. The van der Waals surface area contributed by atoms with E-state index in [2.05, 4.69) is 24.0 Å². The molecule has 0 bridgehead atoms. The van der Waals surface area contributed by atoms with E-state index in [0.717, 1.165) is 0 Å². The molecule has 4 rings (SSSR count). The highest BCUT2D eigenvalue weighted by Gasteiger charge is 2.49. The van der Waals surface area contributed by atoms with E-state index in [0.29, 0.717) is 30.9 Å². The molecule has 6 nitrogen and oxygen atoms in total. The number of likely N-dealkylation sites (tertiary alicyclic amines) is 2. The number of hydrogen-bond acceptors (Lipinski definition) is 4. The van der Waals surface area contributed by atoms with Gasteiger partial charge in [0.05, 0.1) is 24.9 Å². The molecule has 3 heterocycles. The quantitative estimate of drug-likeness (QED) is 0.823. The van der Waals surface area contributed by atoms with Gasteiger partial charge in [-0.05, 0) is 24.1 Å². The molecule has 2 saturated heterocycles. The predicted molar refractivity (Wildman–Crippen MR) is 105 cm³/mol. The van der Waals surface area contributed by atoms with E-state index in [1.807, 2.05) is 21.9 Å². The van der Waals surface area contributed by atoms with Crippen LogP contribution in [-0.4, -0.2) is 53.3 Å². The number of ether oxygens (including phenoxy) is 1. The van der Waals surface area contributed by atoms with Crippen molar-refractivity contribution in [3.63, 3.8) is 0 Å². The Bertz CT molecular complexity index is 913. The first-order valence-corrected chi connectivity index (χ1v) is 9.61. The molecule has 0 aliphatic carbocycles. The van der Waals surface area contributed by atoms with Crippen molar-refractivity contribution in [2.75, 3.05) is 26.7 Å². The van der Waals surface area contributed by atoms with Crippen molar-refractivity contribution in [2.24, 2.45) is 11.8 Å². The van der Waals surface area contributed by atoms with E-state index in [1.165, 1.54) is 11.1 Å². The van der Waals surface area contributed by atoms with Crippen molar-refractivity contribution >= 4 is 11.8 Å². The topological polar surface area (TPSA) is 62.7 Å². The van der Waals surface area contributed by atoms with E-state index in [-0.39, 0.29) is 29.7 Å². The molecule has 2 fully saturated rings. The normalized spacial score (nSPS) is 23.6. The van der Waals surface area contributed by atoms with Crippen LogP contribution in [0.1, 0.15) is 34.5 Å². The molecule has 3 atom stereocenters. The molecule has 0 spiro atoms. The van der Waals surface area contributed by atoms with Crippen LogP contribution in [0.2, 0.25) is 0 Å². The molecule has 146 valence electrons. The molecule has 1 aromatic heterocycles. The Morgan fingerprint density at radius 3 is 2.64 bits per heavy atom. The summed E-state index contributed by atoms with van der Waals surface area (Å²) < 4.78 is 5.31.